The Morgan fingerprint density at radius 3 is 1.73 bits per heavy atom. The fourth-order valence-electron chi connectivity index (χ4n) is 1.00. The van der Waals surface area contributed by atoms with Crippen molar-refractivity contribution in [2.24, 2.45) is 5.73 Å². The zero-order valence-electron chi connectivity index (χ0n) is 5.49. The molecule has 11 heavy (non-hydrogen) atoms. The molecule has 1 nitrogen and oxygen atoms in total. The molecule has 0 spiro atoms. The largest absolute Gasteiger partial charge is 0.422 e. The Labute approximate surface area is 67.3 Å². The molecule has 1 aliphatic rings. The van der Waals surface area contributed by atoms with E-state index >= 15 is 0 Å². The molecule has 6 heteroatoms. The lowest BCUT2D eigenvalue weighted by Crippen LogP contribution is -2.57. The minimum Gasteiger partial charge on any atom is -0.327 e. The molecule has 0 radical (unpaired) electrons. The highest BCUT2D eigenvalue weighted by atomic mass is 35.5. The molecule has 1 saturated carbocycles. The highest BCUT2D eigenvalue weighted by molar-refractivity contribution is 5.85. The summed E-state index contributed by atoms with van der Waals surface area (Å²) >= 11 is 0. The zero-order valence-corrected chi connectivity index (χ0v) is 6.31. The van der Waals surface area contributed by atoms with Gasteiger partial charge in [0.25, 0.3) is 0 Å². The van der Waals surface area contributed by atoms with Crippen LogP contribution in [0.2, 0.25) is 0 Å². The Morgan fingerprint density at radius 2 is 1.64 bits per heavy atom. The fraction of sp³-hybridized carbons (Fsp3) is 1.00. The van der Waals surface area contributed by atoms with Crippen LogP contribution in [0.15, 0.2) is 0 Å². The van der Waals surface area contributed by atoms with E-state index in [2.05, 4.69) is 0 Å². The van der Waals surface area contributed by atoms with Crippen LogP contribution in [0.25, 0.3) is 0 Å². The number of rotatable bonds is 0. The topological polar surface area (TPSA) is 26.0 Å². The van der Waals surface area contributed by atoms with Crippen molar-refractivity contribution in [2.75, 3.05) is 0 Å². The molecule has 0 bridgehead atoms. The Bertz CT molecular complexity index is 140. The molecule has 1 rings (SSSR count). The number of nitrogens with two attached hydrogens (primary N) is 1. The number of hydrogen-bond donors (Lipinski definition) is 1. The first-order valence-electron chi connectivity index (χ1n) is 2.86. The predicted octanol–water partition coefficient (Wildman–Crippen LogP) is 1.80. The van der Waals surface area contributed by atoms with Gasteiger partial charge < -0.3 is 5.73 Å². The first-order valence-corrected chi connectivity index (χ1v) is 2.86. The van der Waals surface area contributed by atoms with Gasteiger partial charge in [0.05, 0.1) is 0 Å². The molecule has 1 aliphatic carbocycles. The second kappa shape index (κ2) is 2.79. The van der Waals surface area contributed by atoms with Crippen LogP contribution in [0.4, 0.5) is 17.6 Å². The van der Waals surface area contributed by atoms with Crippen LogP contribution < -0.4 is 5.73 Å². The summed E-state index contributed by atoms with van der Waals surface area (Å²) < 4.78 is 47.3. The maximum absolute atomic E-state index is 12.5. The molecule has 2 N–H and O–H groups in total. The Morgan fingerprint density at radius 1 is 1.27 bits per heavy atom. The van der Waals surface area contributed by atoms with Gasteiger partial charge in [-0.2, -0.15) is 13.2 Å². The summed E-state index contributed by atoms with van der Waals surface area (Å²) in [6.07, 6.45) is -5.91. The smallest absolute Gasteiger partial charge is 0.327 e. The van der Waals surface area contributed by atoms with Crippen LogP contribution in [0.5, 0.6) is 0 Å². The minimum absolute atomic E-state index is 0. The maximum Gasteiger partial charge on any atom is 0.422 e. The Hall–Kier alpha value is -0.0300. The van der Waals surface area contributed by atoms with Crippen molar-refractivity contribution in [3.05, 3.63) is 0 Å². The summed E-state index contributed by atoms with van der Waals surface area (Å²) in [5.41, 5.74) is 2.02. The molecule has 0 aromatic carbocycles. The van der Waals surface area contributed by atoms with E-state index in [0.29, 0.717) is 0 Å². The van der Waals surface area contributed by atoms with E-state index in [1.807, 2.05) is 0 Å². The lowest BCUT2D eigenvalue weighted by Gasteiger charge is -2.40. The van der Waals surface area contributed by atoms with Crippen LogP contribution in [0, 0.1) is 0 Å². The maximum atomic E-state index is 12.5. The highest BCUT2D eigenvalue weighted by Gasteiger charge is 2.62. The van der Waals surface area contributed by atoms with Crippen molar-refractivity contribution in [1.29, 1.82) is 0 Å². The molecule has 68 valence electrons. The Kier molecular flexibility index (Phi) is 2.78. The molecule has 1 fully saturated rings. The van der Waals surface area contributed by atoms with Crippen LogP contribution in [-0.4, -0.2) is 17.9 Å². The summed E-state index contributed by atoms with van der Waals surface area (Å²) in [6.45, 7) is 0. The summed E-state index contributed by atoms with van der Waals surface area (Å²) in [7, 11) is 0. The number of alkyl halides is 4. The predicted molar refractivity (Wildman–Crippen MR) is 34.4 cm³/mol. The summed E-state index contributed by atoms with van der Waals surface area (Å²) in [5.74, 6) is 0. The van der Waals surface area contributed by atoms with Crippen molar-refractivity contribution in [3.8, 4) is 0 Å². The first-order chi connectivity index (χ1) is 4.35. The SMILES string of the molecule is Cl.NC1CC(F)(C(F)(F)F)C1. The van der Waals surface area contributed by atoms with Crippen molar-refractivity contribution in [3.63, 3.8) is 0 Å². The van der Waals surface area contributed by atoms with Crippen LogP contribution in [-0.2, 0) is 0 Å². The van der Waals surface area contributed by atoms with Crippen molar-refractivity contribution >= 4 is 12.4 Å². The van der Waals surface area contributed by atoms with Gasteiger partial charge in [-0.3, -0.25) is 0 Å². The lowest BCUT2D eigenvalue weighted by molar-refractivity contribution is -0.258. The van der Waals surface area contributed by atoms with Crippen molar-refractivity contribution < 1.29 is 17.6 Å². The summed E-state index contributed by atoms with van der Waals surface area (Å²) in [6, 6.07) is -0.619. The van der Waals surface area contributed by atoms with E-state index in [-0.39, 0.29) is 12.4 Å². The molecular weight excluding hydrogens is 186 g/mol. The molecule has 0 heterocycles. The summed E-state index contributed by atoms with van der Waals surface area (Å²) in [5, 5.41) is 0. The Balaban J connectivity index is 0.000001000. The third-order valence-electron chi connectivity index (χ3n) is 1.68. The second-order valence-electron chi connectivity index (χ2n) is 2.63. The third-order valence-corrected chi connectivity index (χ3v) is 1.68. The molecule has 0 unspecified atom stereocenters. The summed E-state index contributed by atoms with van der Waals surface area (Å²) in [4.78, 5) is 0. The van der Waals surface area contributed by atoms with E-state index in [1.54, 1.807) is 0 Å². The molecule has 0 atom stereocenters. The van der Waals surface area contributed by atoms with Crippen LogP contribution >= 0.6 is 12.4 Å². The van der Waals surface area contributed by atoms with Gasteiger partial charge in [-0.05, 0) is 0 Å². The van der Waals surface area contributed by atoms with Gasteiger partial charge in [-0.1, -0.05) is 0 Å². The quantitative estimate of drug-likeness (QED) is 0.584. The van der Waals surface area contributed by atoms with Gasteiger partial charge in [-0.15, -0.1) is 12.4 Å². The molecular formula is C5H8ClF4N. The molecule has 0 saturated heterocycles. The van der Waals surface area contributed by atoms with Crippen molar-refractivity contribution in [1.82, 2.24) is 0 Å². The fourth-order valence-corrected chi connectivity index (χ4v) is 1.00. The van der Waals surface area contributed by atoms with Gasteiger partial charge in [0.15, 0.2) is 0 Å². The van der Waals surface area contributed by atoms with Crippen LogP contribution in [0.3, 0.4) is 0 Å². The van der Waals surface area contributed by atoms with Gasteiger partial charge in [-0.25, -0.2) is 4.39 Å². The van der Waals surface area contributed by atoms with E-state index in [1.165, 1.54) is 0 Å². The normalized spacial score (nSPS) is 37.4. The lowest BCUT2D eigenvalue weighted by atomic mass is 9.77. The van der Waals surface area contributed by atoms with E-state index in [0.717, 1.165) is 0 Å². The average Bonchev–Trinajstić information content (AvgIpc) is 1.58. The highest BCUT2D eigenvalue weighted by Crippen LogP contribution is 2.47. The monoisotopic (exact) mass is 193 g/mol. The molecule has 0 amide bonds. The molecule has 0 aliphatic heterocycles. The van der Waals surface area contributed by atoms with E-state index < -0.39 is 30.7 Å². The minimum atomic E-state index is -4.73. The number of hydrogen-bond acceptors (Lipinski definition) is 1. The zero-order chi connectivity index (χ0) is 7.99. The molecule has 0 aromatic heterocycles. The van der Waals surface area contributed by atoms with Gasteiger partial charge in [0, 0.05) is 18.9 Å². The average molecular weight is 194 g/mol. The van der Waals surface area contributed by atoms with Gasteiger partial charge in [0.2, 0.25) is 5.67 Å². The number of halogens is 5. The first kappa shape index (κ1) is 11.0. The molecule has 0 aromatic rings. The standard InChI is InChI=1S/C5H7F4N.ClH/c6-4(5(7,8)9)1-3(10)2-4;/h3H,1-2,10H2;1H. The second-order valence-corrected chi connectivity index (χ2v) is 2.63. The van der Waals surface area contributed by atoms with E-state index in [4.69, 9.17) is 5.73 Å². The van der Waals surface area contributed by atoms with Crippen molar-refractivity contribution in [2.45, 2.75) is 30.7 Å². The third kappa shape index (κ3) is 1.76. The van der Waals surface area contributed by atoms with Gasteiger partial charge >= 0.3 is 6.18 Å². The van der Waals surface area contributed by atoms with E-state index in [9.17, 15) is 17.6 Å². The van der Waals surface area contributed by atoms with Crippen LogP contribution in [0.1, 0.15) is 12.8 Å². The van der Waals surface area contributed by atoms with Gasteiger partial charge in [0.1, 0.15) is 0 Å².